The number of carbonyl (C=O) groups excluding carboxylic acids is 1. The topological polar surface area (TPSA) is 49.3 Å². The Labute approximate surface area is 215 Å². The van der Waals surface area contributed by atoms with Gasteiger partial charge in [-0.2, -0.15) is 0 Å². The van der Waals surface area contributed by atoms with Crippen LogP contribution in [0.3, 0.4) is 0 Å². The highest BCUT2D eigenvalue weighted by Gasteiger charge is 2.60. The van der Waals surface area contributed by atoms with Crippen molar-refractivity contribution in [2.24, 2.45) is 64.1 Å². The van der Waals surface area contributed by atoms with Gasteiger partial charge >= 0.3 is 0 Å². The summed E-state index contributed by atoms with van der Waals surface area (Å²) < 4.78 is 0. The molecule has 0 radical (unpaired) electrons. The van der Waals surface area contributed by atoms with Crippen LogP contribution in [0.25, 0.3) is 0 Å². The van der Waals surface area contributed by atoms with Gasteiger partial charge in [-0.05, 0) is 148 Å². The molecule has 3 nitrogen and oxygen atoms in total. The maximum Gasteiger partial charge on any atom is 0.220 e. The van der Waals surface area contributed by atoms with Crippen molar-refractivity contribution in [1.82, 2.24) is 5.32 Å². The Morgan fingerprint density at radius 3 is 2.49 bits per heavy atom. The highest BCUT2D eigenvalue weighted by atomic mass is 16.3. The zero-order valence-corrected chi connectivity index (χ0v) is 22.9. The molecule has 3 heteroatoms. The molecule has 0 aliphatic heterocycles. The maximum atomic E-state index is 12.7. The number of nitrogens with one attached hydrogen (secondary N) is 1. The monoisotopic (exact) mass is 483 g/mol. The third kappa shape index (κ3) is 4.22. The Morgan fingerprint density at radius 2 is 1.71 bits per heavy atom. The second kappa shape index (κ2) is 9.32. The molecule has 6 fully saturated rings. The van der Waals surface area contributed by atoms with Gasteiger partial charge in [0.25, 0.3) is 0 Å². The minimum absolute atomic E-state index is 0.0410. The first-order valence-corrected chi connectivity index (χ1v) is 15.7. The Hall–Kier alpha value is -0.570. The van der Waals surface area contributed by atoms with Crippen molar-refractivity contribution in [3.8, 4) is 0 Å². The van der Waals surface area contributed by atoms with Crippen molar-refractivity contribution in [3.63, 3.8) is 0 Å². The van der Waals surface area contributed by atoms with E-state index in [9.17, 15) is 9.90 Å². The van der Waals surface area contributed by atoms with Crippen molar-refractivity contribution >= 4 is 5.91 Å². The van der Waals surface area contributed by atoms with Crippen LogP contribution in [0.5, 0.6) is 0 Å². The molecule has 12 atom stereocenters. The Balaban J connectivity index is 1.03. The molecule has 1 amide bonds. The van der Waals surface area contributed by atoms with Crippen molar-refractivity contribution in [1.29, 1.82) is 0 Å². The van der Waals surface area contributed by atoms with E-state index < -0.39 is 0 Å². The minimum atomic E-state index is -0.0410. The molecule has 6 rings (SSSR count). The summed E-state index contributed by atoms with van der Waals surface area (Å²) >= 11 is 0. The fourth-order valence-corrected chi connectivity index (χ4v) is 11.7. The average Bonchev–Trinajstić information content (AvgIpc) is 3.55. The molecule has 0 aromatic heterocycles. The molecule has 6 aliphatic rings. The van der Waals surface area contributed by atoms with E-state index in [1.807, 2.05) is 0 Å². The first kappa shape index (κ1) is 24.7. The summed E-state index contributed by atoms with van der Waals surface area (Å²) in [7, 11) is 0. The van der Waals surface area contributed by atoms with Gasteiger partial charge in [-0.15, -0.1) is 0 Å². The van der Waals surface area contributed by atoms with Gasteiger partial charge in [0, 0.05) is 13.0 Å². The van der Waals surface area contributed by atoms with Gasteiger partial charge in [0.05, 0.1) is 6.10 Å². The van der Waals surface area contributed by atoms with E-state index in [-0.39, 0.29) is 6.10 Å². The van der Waals surface area contributed by atoms with Crippen molar-refractivity contribution in [3.05, 3.63) is 0 Å². The highest BCUT2D eigenvalue weighted by Crippen LogP contribution is 2.68. The molecule has 35 heavy (non-hydrogen) atoms. The summed E-state index contributed by atoms with van der Waals surface area (Å²) in [6, 6.07) is 0. The second-order valence-corrected chi connectivity index (χ2v) is 15.1. The number of aliphatic hydroxyl groups excluding tert-OH is 1. The van der Waals surface area contributed by atoms with Crippen LogP contribution in [-0.4, -0.2) is 23.7 Å². The van der Waals surface area contributed by atoms with Gasteiger partial charge < -0.3 is 10.4 Å². The molecule has 0 spiro atoms. The summed E-state index contributed by atoms with van der Waals surface area (Å²) in [6.07, 6.45) is 19.1. The lowest BCUT2D eigenvalue weighted by Crippen LogP contribution is -2.54. The minimum Gasteiger partial charge on any atom is -0.393 e. The van der Waals surface area contributed by atoms with Crippen LogP contribution in [0.1, 0.15) is 117 Å². The molecule has 2 N–H and O–H groups in total. The van der Waals surface area contributed by atoms with E-state index >= 15 is 0 Å². The molecule has 6 aliphatic carbocycles. The van der Waals surface area contributed by atoms with Gasteiger partial charge in [0.1, 0.15) is 0 Å². The maximum absolute atomic E-state index is 12.7. The lowest BCUT2D eigenvalue weighted by Gasteiger charge is -2.61. The fourth-order valence-electron chi connectivity index (χ4n) is 11.7. The number of hydrogen-bond acceptors (Lipinski definition) is 2. The van der Waals surface area contributed by atoms with Crippen molar-refractivity contribution in [2.45, 2.75) is 123 Å². The van der Waals surface area contributed by atoms with Crippen molar-refractivity contribution in [2.75, 3.05) is 6.54 Å². The molecule has 0 heterocycles. The largest absolute Gasteiger partial charge is 0.393 e. The number of aliphatic hydroxyl groups is 1. The van der Waals surface area contributed by atoms with E-state index in [4.69, 9.17) is 0 Å². The number of rotatable bonds is 6. The molecule has 0 aromatic rings. The SMILES string of the molecule is C[C@H](CCC(=O)NCC1CC2CCC1C2)[C@H]1CC[C@H]2[C@@H]3CC[C@@H]4C[C@H](O)CC[C@]4(C)[C@H]3CC[C@]12C. The quantitative estimate of drug-likeness (QED) is 0.428. The Kier molecular flexibility index (Phi) is 6.59. The third-order valence-corrected chi connectivity index (χ3v) is 13.7. The lowest BCUT2D eigenvalue weighted by atomic mass is 9.44. The van der Waals surface area contributed by atoms with Crippen LogP contribution in [0, 0.1) is 64.1 Å². The normalized spacial score (nSPS) is 51.4. The standard InChI is InChI=1S/C32H53NO2/c1-20(4-11-30(35)33-19-23-17-21-5-6-22(23)16-21)27-9-10-28-26-8-7-24-18-25(34)12-14-31(24,2)29(26)13-15-32(27,28)3/h20-29,34H,4-19H2,1-3H3,(H,33,35)/t20-,21?,22?,23?,24-,25-,26+,27-,28+,29+,31+,32-/m1/s1. The summed E-state index contributed by atoms with van der Waals surface area (Å²) in [5.41, 5.74) is 0.960. The number of fused-ring (bicyclic) bond motifs is 7. The molecule has 6 saturated carbocycles. The van der Waals surface area contributed by atoms with Crippen LogP contribution in [0.15, 0.2) is 0 Å². The zero-order valence-electron chi connectivity index (χ0n) is 22.9. The van der Waals surface area contributed by atoms with Crippen LogP contribution in [0.2, 0.25) is 0 Å². The van der Waals surface area contributed by atoms with Crippen LogP contribution >= 0.6 is 0 Å². The predicted molar refractivity (Wildman–Crippen MR) is 142 cm³/mol. The number of hydrogen-bond donors (Lipinski definition) is 2. The predicted octanol–water partition coefficient (Wildman–Crippen LogP) is 6.97. The molecular formula is C32H53NO2. The van der Waals surface area contributed by atoms with Gasteiger partial charge in [0.15, 0.2) is 0 Å². The second-order valence-electron chi connectivity index (χ2n) is 15.1. The average molecular weight is 484 g/mol. The van der Waals surface area contributed by atoms with E-state index in [1.54, 1.807) is 0 Å². The summed E-state index contributed by atoms with van der Waals surface area (Å²) in [6.45, 7) is 8.66. The lowest BCUT2D eigenvalue weighted by molar-refractivity contribution is -0.130. The van der Waals surface area contributed by atoms with Gasteiger partial charge in [-0.1, -0.05) is 27.2 Å². The smallest absolute Gasteiger partial charge is 0.220 e. The Morgan fingerprint density at radius 1 is 0.914 bits per heavy atom. The zero-order chi connectivity index (χ0) is 24.4. The first-order valence-electron chi connectivity index (χ1n) is 15.7. The summed E-state index contributed by atoms with van der Waals surface area (Å²) in [4.78, 5) is 12.7. The summed E-state index contributed by atoms with van der Waals surface area (Å²) in [5, 5.41) is 13.7. The first-order chi connectivity index (χ1) is 16.8. The van der Waals surface area contributed by atoms with Crippen molar-refractivity contribution < 1.29 is 9.90 Å². The van der Waals surface area contributed by atoms with Crippen LogP contribution in [-0.2, 0) is 4.79 Å². The fraction of sp³-hybridized carbons (Fsp3) is 0.969. The summed E-state index contributed by atoms with van der Waals surface area (Å²) in [5.74, 6) is 7.85. The molecule has 2 bridgehead atoms. The number of carbonyl (C=O) groups is 1. The van der Waals surface area contributed by atoms with E-state index in [2.05, 4.69) is 26.1 Å². The van der Waals surface area contributed by atoms with Gasteiger partial charge in [-0.3, -0.25) is 4.79 Å². The van der Waals surface area contributed by atoms with Crippen LogP contribution in [0.4, 0.5) is 0 Å². The highest BCUT2D eigenvalue weighted by molar-refractivity contribution is 5.75. The molecule has 198 valence electrons. The Bertz CT molecular complexity index is 796. The third-order valence-electron chi connectivity index (χ3n) is 13.7. The van der Waals surface area contributed by atoms with Gasteiger partial charge in [0.2, 0.25) is 5.91 Å². The van der Waals surface area contributed by atoms with E-state index in [0.29, 0.717) is 22.7 Å². The molecular weight excluding hydrogens is 430 g/mol. The number of amides is 1. The van der Waals surface area contributed by atoms with E-state index in [0.717, 1.165) is 79.6 Å². The molecule has 0 aromatic carbocycles. The van der Waals surface area contributed by atoms with E-state index in [1.165, 1.54) is 70.6 Å². The molecule has 0 saturated heterocycles. The molecule has 3 unspecified atom stereocenters. The van der Waals surface area contributed by atoms with Crippen LogP contribution < -0.4 is 5.32 Å². The van der Waals surface area contributed by atoms with Gasteiger partial charge in [-0.25, -0.2) is 0 Å².